The molecular formula is C12H15F3O2. The van der Waals surface area contributed by atoms with E-state index in [2.05, 4.69) is 0 Å². The van der Waals surface area contributed by atoms with Crippen molar-refractivity contribution < 1.29 is 23.4 Å². The van der Waals surface area contributed by atoms with Crippen molar-refractivity contribution in [2.75, 3.05) is 0 Å². The maximum absolute atomic E-state index is 12.3. The summed E-state index contributed by atoms with van der Waals surface area (Å²) >= 11 is 0. The highest BCUT2D eigenvalue weighted by Crippen LogP contribution is 2.30. The molecule has 0 radical (unpaired) electrons. The van der Waals surface area contributed by atoms with Crippen molar-refractivity contribution in [2.45, 2.75) is 38.1 Å². The molecular weight excluding hydrogens is 233 g/mol. The van der Waals surface area contributed by atoms with Gasteiger partial charge in [0.05, 0.1) is 11.7 Å². The zero-order valence-electron chi connectivity index (χ0n) is 9.41. The molecule has 2 nitrogen and oxygen atoms in total. The highest BCUT2D eigenvalue weighted by molar-refractivity contribution is 5.26. The normalized spacial score (nSPS) is 15.6. The SMILES string of the molecule is CCCC(O)C(O)c1ccc(C(F)(F)F)cc1. The third-order valence-electron chi connectivity index (χ3n) is 2.53. The van der Waals surface area contributed by atoms with E-state index in [9.17, 15) is 23.4 Å². The Hall–Kier alpha value is -1.07. The van der Waals surface area contributed by atoms with E-state index >= 15 is 0 Å². The van der Waals surface area contributed by atoms with Crippen LogP contribution in [0.15, 0.2) is 24.3 Å². The summed E-state index contributed by atoms with van der Waals surface area (Å²) in [6.45, 7) is 1.85. The summed E-state index contributed by atoms with van der Waals surface area (Å²) in [4.78, 5) is 0. The zero-order valence-corrected chi connectivity index (χ0v) is 9.41. The Morgan fingerprint density at radius 1 is 1.12 bits per heavy atom. The predicted octanol–water partition coefficient (Wildman–Crippen LogP) is 2.90. The molecule has 2 unspecified atom stereocenters. The largest absolute Gasteiger partial charge is 0.416 e. The van der Waals surface area contributed by atoms with Crippen LogP contribution in [0.5, 0.6) is 0 Å². The molecule has 0 saturated carbocycles. The van der Waals surface area contributed by atoms with Gasteiger partial charge in [-0.3, -0.25) is 0 Å². The van der Waals surface area contributed by atoms with E-state index in [1.807, 2.05) is 6.92 Å². The standard InChI is InChI=1S/C12H15F3O2/c1-2-3-10(16)11(17)8-4-6-9(7-5-8)12(13,14)15/h4-7,10-11,16-17H,2-3H2,1H3. The number of rotatable bonds is 4. The van der Waals surface area contributed by atoms with Gasteiger partial charge in [0.2, 0.25) is 0 Å². The number of aliphatic hydroxyl groups is 2. The van der Waals surface area contributed by atoms with Gasteiger partial charge in [-0.2, -0.15) is 13.2 Å². The third kappa shape index (κ3) is 3.71. The Balaban J connectivity index is 2.80. The van der Waals surface area contributed by atoms with Crippen LogP contribution < -0.4 is 0 Å². The molecule has 0 aromatic heterocycles. The maximum Gasteiger partial charge on any atom is 0.416 e. The number of hydrogen-bond donors (Lipinski definition) is 2. The Bertz CT molecular complexity index is 346. The van der Waals surface area contributed by atoms with Gasteiger partial charge in [0, 0.05) is 0 Å². The van der Waals surface area contributed by atoms with E-state index < -0.39 is 23.9 Å². The van der Waals surface area contributed by atoms with Crippen LogP contribution in [-0.2, 0) is 6.18 Å². The average molecular weight is 248 g/mol. The summed E-state index contributed by atoms with van der Waals surface area (Å²) < 4.78 is 36.9. The first kappa shape index (κ1) is 14.0. The summed E-state index contributed by atoms with van der Waals surface area (Å²) in [5.41, 5.74) is -0.475. The highest BCUT2D eigenvalue weighted by Gasteiger charge is 2.30. The lowest BCUT2D eigenvalue weighted by molar-refractivity contribution is -0.137. The number of benzene rings is 1. The summed E-state index contributed by atoms with van der Waals surface area (Å²) in [7, 11) is 0. The molecule has 1 rings (SSSR count). The van der Waals surface area contributed by atoms with E-state index in [1.165, 1.54) is 12.1 Å². The topological polar surface area (TPSA) is 40.5 Å². The van der Waals surface area contributed by atoms with Crippen molar-refractivity contribution in [2.24, 2.45) is 0 Å². The van der Waals surface area contributed by atoms with Crippen LogP contribution in [0, 0.1) is 0 Å². The summed E-state index contributed by atoms with van der Waals surface area (Å²) in [6, 6.07) is 4.17. The fourth-order valence-electron chi connectivity index (χ4n) is 1.55. The Labute approximate surface area is 97.7 Å². The summed E-state index contributed by atoms with van der Waals surface area (Å²) in [6.07, 6.45) is -5.37. The van der Waals surface area contributed by atoms with Crippen LogP contribution in [0.1, 0.15) is 37.0 Å². The molecule has 2 atom stereocenters. The average Bonchev–Trinajstić information content (AvgIpc) is 2.27. The number of hydrogen-bond acceptors (Lipinski definition) is 2. The van der Waals surface area contributed by atoms with Gasteiger partial charge in [0.1, 0.15) is 6.10 Å². The first-order valence-corrected chi connectivity index (χ1v) is 5.39. The molecule has 17 heavy (non-hydrogen) atoms. The van der Waals surface area contributed by atoms with Crippen LogP contribution in [0.3, 0.4) is 0 Å². The molecule has 0 aliphatic carbocycles. The molecule has 0 bridgehead atoms. The zero-order chi connectivity index (χ0) is 13.1. The third-order valence-corrected chi connectivity index (χ3v) is 2.53. The quantitative estimate of drug-likeness (QED) is 0.860. The minimum atomic E-state index is -4.38. The fraction of sp³-hybridized carbons (Fsp3) is 0.500. The molecule has 0 saturated heterocycles. The van der Waals surface area contributed by atoms with Gasteiger partial charge in [0.25, 0.3) is 0 Å². The molecule has 0 fully saturated rings. The van der Waals surface area contributed by atoms with Crippen LogP contribution in [-0.4, -0.2) is 16.3 Å². The molecule has 0 amide bonds. The van der Waals surface area contributed by atoms with Crippen LogP contribution in [0.2, 0.25) is 0 Å². The maximum atomic E-state index is 12.3. The van der Waals surface area contributed by atoms with Crippen molar-refractivity contribution in [3.63, 3.8) is 0 Å². The first-order chi connectivity index (χ1) is 7.86. The second kappa shape index (κ2) is 5.51. The summed E-state index contributed by atoms with van der Waals surface area (Å²) in [5.74, 6) is 0. The van der Waals surface area contributed by atoms with Crippen molar-refractivity contribution in [3.05, 3.63) is 35.4 Å². The number of aliphatic hydroxyl groups excluding tert-OH is 2. The van der Waals surface area contributed by atoms with E-state index in [0.717, 1.165) is 12.1 Å². The van der Waals surface area contributed by atoms with Crippen molar-refractivity contribution in [1.29, 1.82) is 0 Å². The van der Waals surface area contributed by atoms with E-state index in [4.69, 9.17) is 0 Å². The van der Waals surface area contributed by atoms with Gasteiger partial charge in [0.15, 0.2) is 0 Å². The number of alkyl halides is 3. The lowest BCUT2D eigenvalue weighted by Gasteiger charge is -2.18. The molecule has 1 aromatic carbocycles. The molecule has 0 aliphatic rings. The molecule has 5 heteroatoms. The fourth-order valence-corrected chi connectivity index (χ4v) is 1.55. The van der Waals surface area contributed by atoms with Crippen molar-refractivity contribution in [3.8, 4) is 0 Å². The Morgan fingerprint density at radius 2 is 1.65 bits per heavy atom. The second-order valence-corrected chi connectivity index (χ2v) is 3.92. The van der Waals surface area contributed by atoms with Crippen LogP contribution in [0.4, 0.5) is 13.2 Å². The van der Waals surface area contributed by atoms with E-state index in [1.54, 1.807) is 0 Å². The minimum absolute atomic E-state index is 0.291. The molecule has 0 heterocycles. The van der Waals surface area contributed by atoms with Crippen LogP contribution >= 0.6 is 0 Å². The van der Waals surface area contributed by atoms with Crippen LogP contribution in [0.25, 0.3) is 0 Å². The number of halogens is 3. The monoisotopic (exact) mass is 248 g/mol. The van der Waals surface area contributed by atoms with Crippen molar-refractivity contribution >= 4 is 0 Å². The first-order valence-electron chi connectivity index (χ1n) is 5.39. The molecule has 1 aromatic rings. The predicted molar refractivity (Wildman–Crippen MR) is 57.3 cm³/mol. The second-order valence-electron chi connectivity index (χ2n) is 3.92. The molecule has 0 spiro atoms. The summed E-state index contributed by atoms with van der Waals surface area (Å²) in [5, 5.41) is 19.2. The van der Waals surface area contributed by atoms with Gasteiger partial charge in [-0.25, -0.2) is 0 Å². The van der Waals surface area contributed by atoms with Gasteiger partial charge in [-0.15, -0.1) is 0 Å². The molecule has 0 aliphatic heterocycles. The van der Waals surface area contributed by atoms with Gasteiger partial charge in [-0.1, -0.05) is 25.5 Å². The lowest BCUT2D eigenvalue weighted by Crippen LogP contribution is -2.18. The van der Waals surface area contributed by atoms with Gasteiger partial charge >= 0.3 is 6.18 Å². The van der Waals surface area contributed by atoms with Crippen molar-refractivity contribution in [1.82, 2.24) is 0 Å². The van der Waals surface area contributed by atoms with Gasteiger partial charge < -0.3 is 10.2 Å². The Kier molecular flexibility index (Phi) is 4.54. The minimum Gasteiger partial charge on any atom is -0.390 e. The Morgan fingerprint density at radius 3 is 2.06 bits per heavy atom. The smallest absolute Gasteiger partial charge is 0.390 e. The highest BCUT2D eigenvalue weighted by atomic mass is 19.4. The molecule has 96 valence electrons. The van der Waals surface area contributed by atoms with Gasteiger partial charge in [-0.05, 0) is 24.1 Å². The van der Waals surface area contributed by atoms with E-state index in [0.29, 0.717) is 18.4 Å². The molecule has 2 N–H and O–H groups in total. The van der Waals surface area contributed by atoms with E-state index in [-0.39, 0.29) is 0 Å². The lowest BCUT2D eigenvalue weighted by atomic mass is 10.00.